The van der Waals surface area contributed by atoms with Crippen molar-refractivity contribution in [3.8, 4) is 0 Å². The first-order valence-electron chi connectivity index (χ1n) is 7.94. The van der Waals surface area contributed by atoms with Crippen molar-refractivity contribution < 1.29 is 20.1 Å². The molecule has 7 heteroatoms. The molecule has 7 nitrogen and oxygen atoms in total. The van der Waals surface area contributed by atoms with Gasteiger partial charge in [0.2, 0.25) is 0 Å². The van der Waals surface area contributed by atoms with Crippen LogP contribution in [0.25, 0.3) is 10.9 Å². The number of non-ortho nitro benzene ring substituents is 1. The molecule has 0 spiro atoms. The van der Waals surface area contributed by atoms with E-state index in [-0.39, 0.29) is 11.7 Å². The predicted molar refractivity (Wildman–Crippen MR) is 87.7 cm³/mol. The number of carbonyl (C=O) groups is 1. The van der Waals surface area contributed by atoms with Gasteiger partial charge in [0.15, 0.2) is 6.04 Å². The van der Waals surface area contributed by atoms with Gasteiger partial charge in [-0.3, -0.25) is 10.1 Å². The Morgan fingerprint density at radius 2 is 1.88 bits per heavy atom. The number of benzene rings is 2. The van der Waals surface area contributed by atoms with Crippen LogP contribution in [-0.4, -0.2) is 21.9 Å². The number of carboxylic acids is 1. The summed E-state index contributed by atoms with van der Waals surface area (Å²) in [6.07, 6.45) is 0.380. The molecule has 1 aromatic heterocycles. The molecule has 0 radical (unpaired) electrons. The van der Waals surface area contributed by atoms with E-state index in [9.17, 15) is 20.0 Å². The van der Waals surface area contributed by atoms with E-state index in [0.29, 0.717) is 6.42 Å². The van der Waals surface area contributed by atoms with Crippen molar-refractivity contribution in [1.82, 2.24) is 4.98 Å². The van der Waals surface area contributed by atoms with Gasteiger partial charge in [0.25, 0.3) is 5.69 Å². The fourth-order valence-electron chi connectivity index (χ4n) is 3.57. The Morgan fingerprint density at radius 1 is 1.16 bits per heavy atom. The number of nitro benzene ring substituents is 1. The van der Waals surface area contributed by atoms with Crippen molar-refractivity contribution in [3.63, 3.8) is 0 Å². The van der Waals surface area contributed by atoms with Crippen LogP contribution < -0.4 is 10.4 Å². The van der Waals surface area contributed by atoms with Crippen LogP contribution in [0.2, 0.25) is 0 Å². The lowest BCUT2D eigenvalue weighted by atomic mass is 9.90. The summed E-state index contributed by atoms with van der Waals surface area (Å²) in [5.74, 6) is -1.11. The number of aromatic amines is 1. The third-order valence-electron chi connectivity index (χ3n) is 4.77. The number of fused-ring (bicyclic) bond motifs is 3. The van der Waals surface area contributed by atoms with Gasteiger partial charge in [-0.15, -0.1) is 0 Å². The molecule has 0 saturated carbocycles. The van der Waals surface area contributed by atoms with Gasteiger partial charge < -0.3 is 20.2 Å². The number of hydrogen-bond donors (Lipinski definition) is 2. The van der Waals surface area contributed by atoms with E-state index in [1.165, 1.54) is 12.1 Å². The van der Waals surface area contributed by atoms with Crippen molar-refractivity contribution in [2.24, 2.45) is 0 Å². The second-order valence-corrected chi connectivity index (χ2v) is 6.21. The maximum atomic E-state index is 11.5. The maximum Gasteiger partial charge on any atom is 0.269 e. The summed E-state index contributed by atoms with van der Waals surface area (Å²) < 4.78 is 0. The minimum Gasteiger partial charge on any atom is -0.544 e. The monoisotopic (exact) mass is 337 g/mol. The molecular formula is C18H15N3O4. The van der Waals surface area contributed by atoms with Gasteiger partial charge in [0, 0.05) is 35.0 Å². The highest BCUT2D eigenvalue weighted by molar-refractivity contribution is 5.86. The molecule has 1 aliphatic rings. The number of nitrogens with one attached hydrogen (secondary N) is 1. The van der Waals surface area contributed by atoms with E-state index in [4.69, 9.17) is 0 Å². The normalized spacial score (nSPS) is 19.5. The first kappa shape index (κ1) is 15.3. The number of rotatable bonds is 3. The molecule has 25 heavy (non-hydrogen) atoms. The molecule has 0 aliphatic carbocycles. The second kappa shape index (κ2) is 5.71. The lowest BCUT2D eigenvalue weighted by Gasteiger charge is -2.28. The van der Waals surface area contributed by atoms with E-state index < -0.39 is 16.9 Å². The van der Waals surface area contributed by atoms with Crippen LogP contribution in [0.15, 0.2) is 48.5 Å². The van der Waals surface area contributed by atoms with Crippen molar-refractivity contribution in [2.45, 2.75) is 18.5 Å². The smallest absolute Gasteiger partial charge is 0.269 e. The van der Waals surface area contributed by atoms with E-state index in [0.717, 1.165) is 27.7 Å². The number of nitrogens with two attached hydrogens (primary N) is 1. The molecule has 126 valence electrons. The first-order chi connectivity index (χ1) is 12.0. The molecule has 3 aromatic rings. The zero-order valence-electron chi connectivity index (χ0n) is 13.1. The summed E-state index contributed by atoms with van der Waals surface area (Å²) in [5, 5.41) is 25.1. The summed E-state index contributed by atoms with van der Waals surface area (Å²) in [4.78, 5) is 25.3. The van der Waals surface area contributed by atoms with Gasteiger partial charge in [-0.25, -0.2) is 0 Å². The van der Waals surface area contributed by atoms with Gasteiger partial charge in [-0.05, 0) is 23.8 Å². The number of carboxylic acid groups (broad SMARTS) is 1. The fourth-order valence-corrected chi connectivity index (χ4v) is 3.57. The molecule has 2 heterocycles. The number of nitro groups is 1. The van der Waals surface area contributed by atoms with E-state index in [2.05, 4.69) is 4.98 Å². The zero-order valence-corrected chi connectivity index (χ0v) is 13.1. The highest BCUT2D eigenvalue weighted by atomic mass is 16.6. The van der Waals surface area contributed by atoms with Crippen LogP contribution in [0.1, 0.15) is 22.9 Å². The topological polar surface area (TPSA) is 116 Å². The van der Waals surface area contributed by atoms with E-state index in [1.54, 1.807) is 17.4 Å². The van der Waals surface area contributed by atoms with Crippen LogP contribution >= 0.6 is 0 Å². The summed E-state index contributed by atoms with van der Waals surface area (Å²) >= 11 is 0. The van der Waals surface area contributed by atoms with Gasteiger partial charge in [0.1, 0.15) is 6.04 Å². The molecule has 4 rings (SSSR count). The standard InChI is InChI=1S/C18H15N3O4/c22-18(23)15-9-13-12-3-1-2-4-14(12)19-17(13)16(20-15)10-5-7-11(8-6-10)21(24)25/h1-8,15-16,19-20H,9H2,(H,22,23)/t15-,16-/m0/s1. The second-order valence-electron chi connectivity index (χ2n) is 6.21. The van der Waals surface area contributed by atoms with Crippen LogP contribution in [0.5, 0.6) is 0 Å². The first-order valence-corrected chi connectivity index (χ1v) is 7.94. The third kappa shape index (κ3) is 2.54. The van der Waals surface area contributed by atoms with Crippen molar-refractivity contribution in [3.05, 3.63) is 75.5 Å². The molecule has 0 fully saturated rings. The summed E-state index contributed by atoms with van der Waals surface area (Å²) in [6, 6.07) is 13.0. The number of quaternary nitrogens is 1. The molecule has 2 aromatic carbocycles. The molecule has 0 amide bonds. The van der Waals surface area contributed by atoms with Gasteiger partial charge in [0.05, 0.1) is 16.6 Å². The highest BCUT2D eigenvalue weighted by Gasteiger charge is 2.34. The summed E-state index contributed by atoms with van der Waals surface area (Å²) in [6.45, 7) is 0. The van der Waals surface area contributed by atoms with Crippen LogP contribution in [0.4, 0.5) is 5.69 Å². The SMILES string of the molecule is O=C([O-])[C@@H]1Cc2c([nH]c3ccccc23)[C@H](c2ccc([N+](=O)[O-])cc2)[NH2+]1. The minimum atomic E-state index is -1.11. The third-order valence-corrected chi connectivity index (χ3v) is 4.77. The average molecular weight is 337 g/mol. The number of hydrogen-bond acceptors (Lipinski definition) is 4. The largest absolute Gasteiger partial charge is 0.544 e. The van der Waals surface area contributed by atoms with Crippen LogP contribution in [0, 0.1) is 10.1 Å². The number of para-hydroxylation sites is 1. The number of aromatic nitrogens is 1. The molecule has 0 unspecified atom stereocenters. The predicted octanol–water partition coefficient (Wildman–Crippen LogP) is 0.403. The van der Waals surface area contributed by atoms with E-state index >= 15 is 0 Å². The minimum absolute atomic E-state index is 0.00730. The van der Waals surface area contributed by atoms with Crippen molar-refractivity contribution in [1.29, 1.82) is 0 Å². The number of nitrogens with zero attached hydrogens (tertiary/aromatic N) is 1. The number of H-pyrrole nitrogens is 1. The van der Waals surface area contributed by atoms with Crippen LogP contribution in [0.3, 0.4) is 0 Å². The van der Waals surface area contributed by atoms with Gasteiger partial charge in [-0.2, -0.15) is 0 Å². The summed E-state index contributed by atoms with van der Waals surface area (Å²) in [5.41, 5.74) is 3.67. The van der Waals surface area contributed by atoms with Gasteiger partial charge >= 0.3 is 0 Å². The molecule has 0 bridgehead atoms. The Balaban J connectivity index is 1.84. The molecule has 0 saturated heterocycles. The molecule has 2 atom stereocenters. The molecular weight excluding hydrogens is 322 g/mol. The molecule has 1 aliphatic heterocycles. The average Bonchev–Trinajstić information content (AvgIpc) is 2.99. The quantitative estimate of drug-likeness (QED) is 0.532. The lowest BCUT2D eigenvalue weighted by molar-refractivity contribution is -0.717. The van der Waals surface area contributed by atoms with Gasteiger partial charge in [-0.1, -0.05) is 18.2 Å². The lowest BCUT2D eigenvalue weighted by Crippen LogP contribution is -2.95. The Morgan fingerprint density at radius 3 is 2.56 bits per heavy atom. The van der Waals surface area contributed by atoms with E-state index in [1.807, 2.05) is 24.3 Å². The molecule has 3 N–H and O–H groups in total. The fraction of sp³-hybridized carbons (Fsp3) is 0.167. The Hall–Kier alpha value is -3.19. The van der Waals surface area contributed by atoms with Crippen LogP contribution in [-0.2, 0) is 11.2 Å². The Bertz CT molecular complexity index is 978. The highest BCUT2D eigenvalue weighted by Crippen LogP contribution is 2.32. The number of aliphatic carboxylic acids is 1. The number of carbonyl (C=O) groups excluding carboxylic acids is 1. The zero-order chi connectivity index (χ0) is 17.6. The summed E-state index contributed by atoms with van der Waals surface area (Å²) in [7, 11) is 0. The van der Waals surface area contributed by atoms with Crippen molar-refractivity contribution >= 4 is 22.6 Å². The van der Waals surface area contributed by atoms with Crippen molar-refractivity contribution in [2.75, 3.05) is 0 Å². The maximum absolute atomic E-state index is 11.5. The Labute approximate surface area is 142 Å². The Kier molecular flexibility index (Phi) is 3.51.